The molecule has 0 heterocycles. The van der Waals surface area contributed by atoms with Gasteiger partial charge in [-0.3, -0.25) is 4.79 Å². The number of allylic oxidation sites excluding steroid dienone is 8. The zero-order chi connectivity index (χ0) is 20.5. The van der Waals surface area contributed by atoms with Crippen LogP contribution >= 0.6 is 0 Å². The highest BCUT2D eigenvalue weighted by Gasteiger charge is 1.97. The van der Waals surface area contributed by atoms with Crippen molar-refractivity contribution in [1.82, 2.24) is 0 Å². The van der Waals surface area contributed by atoms with Crippen LogP contribution in [-0.2, 0) is 4.79 Å². The van der Waals surface area contributed by atoms with E-state index in [4.69, 9.17) is 10.2 Å². The number of carbonyl (C=O) groups is 1. The average molecular weight is 377 g/mol. The third-order valence-electron chi connectivity index (χ3n) is 4.68. The summed E-state index contributed by atoms with van der Waals surface area (Å²) in [5.74, 6) is -0.727. The highest BCUT2D eigenvalue weighted by Crippen LogP contribution is 2.13. The number of rotatable bonds is 15. The SMILES string of the molecule is CC(=CCCC=C(C)CCC=C(C)CCC(=O)O)CCC=C(C)CCCO. The Bertz CT molecular complexity index is 536. The monoisotopic (exact) mass is 376 g/mol. The summed E-state index contributed by atoms with van der Waals surface area (Å²) < 4.78 is 0. The van der Waals surface area contributed by atoms with Crippen molar-refractivity contribution in [2.45, 2.75) is 91.9 Å². The summed E-state index contributed by atoms with van der Waals surface area (Å²) in [5.41, 5.74) is 5.40. The Labute approximate surface area is 166 Å². The molecule has 2 N–H and O–H groups in total. The second-order valence-electron chi connectivity index (χ2n) is 7.58. The first kappa shape index (κ1) is 25.4. The van der Waals surface area contributed by atoms with Gasteiger partial charge < -0.3 is 10.2 Å². The predicted octanol–water partition coefficient (Wildman–Crippen LogP) is 6.75. The van der Waals surface area contributed by atoms with Crippen molar-refractivity contribution in [2.75, 3.05) is 6.61 Å². The summed E-state index contributed by atoms with van der Waals surface area (Å²) in [7, 11) is 0. The molecule has 0 unspecified atom stereocenters. The van der Waals surface area contributed by atoms with Crippen LogP contribution in [0, 0.1) is 0 Å². The van der Waals surface area contributed by atoms with E-state index in [9.17, 15) is 4.79 Å². The summed E-state index contributed by atoms with van der Waals surface area (Å²) in [6.07, 6.45) is 18.3. The Morgan fingerprint density at radius 1 is 0.630 bits per heavy atom. The summed E-state index contributed by atoms with van der Waals surface area (Å²) in [6.45, 7) is 8.82. The van der Waals surface area contributed by atoms with Crippen molar-refractivity contribution in [3.63, 3.8) is 0 Å². The predicted molar refractivity (Wildman–Crippen MR) is 116 cm³/mol. The van der Waals surface area contributed by atoms with Gasteiger partial charge in [0.15, 0.2) is 0 Å². The molecule has 0 saturated carbocycles. The molecule has 0 aromatic rings. The first-order chi connectivity index (χ1) is 12.8. The molecule has 0 aliphatic carbocycles. The van der Waals surface area contributed by atoms with Crippen LogP contribution in [0.3, 0.4) is 0 Å². The van der Waals surface area contributed by atoms with Crippen LogP contribution in [-0.4, -0.2) is 22.8 Å². The lowest BCUT2D eigenvalue weighted by Crippen LogP contribution is -1.94. The third kappa shape index (κ3) is 17.6. The second kappa shape index (κ2) is 16.6. The Kier molecular flexibility index (Phi) is 15.6. The number of aliphatic carboxylic acids is 1. The molecule has 0 bridgehead atoms. The fourth-order valence-electron chi connectivity index (χ4n) is 2.82. The number of hydrogen-bond acceptors (Lipinski definition) is 2. The first-order valence-electron chi connectivity index (χ1n) is 10.3. The Hall–Kier alpha value is -1.61. The van der Waals surface area contributed by atoms with Crippen molar-refractivity contribution >= 4 is 5.97 Å². The van der Waals surface area contributed by atoms with E-state index in [0.717, 1.165) is 51.4 Å². The largest absolute Gasteiger partial charge is 0.481 e. The van der Waals surface area contributed by atoms with Gasteiger partial charge in [-0.15, -0.1) is 0 Å². The van der Waals surface area contributed by atoms with Gasteiger partial charge in [0.2, 0.25) is 0 Å². The smallest absolute Gasteiger partial charge is 0.303 e. The summed E-state index contributed by atoms with van der Waals surface area (Å²) in [4.78, 5) is 10.6. The van der Waals surface area contributed by atoms with Crippen molar-refractivity contribution < 1.29 is 15.0 Å². The molecule has 0 fully saturated rings. The molecule has 0 aliphatic heterocycles. The number of aliphatic hydroxyl groups excluding tert-OH is 1. The van der Waals surface area contributed by atoms with Gasteiger partial charge >= 0.3 is 5.97 Å². The van der Waals surface area contributed by atoms with E-state index >= 15 is 0 Å². The van der Waals surface area contributed by atoms with Crippen molar-refractivity contribution in [1.29, 1.82) is 0 Å². The third-order valence-corrected chi connectivity index (χ3v) is 4.68. The molecule has 154 valence electrons. The van der Waals surface area contributed by atoms with Crippen molar-refractivity contribution in [3.05, 3.63) is 46.6 Å². The second-order valence-corrected chi connectivity index (χ2v) is 7.58. The molecular formula is C24H40O3. The van der Waals surface area contributed by atoms with E-state index in [1.165, 1.54) is 22.3 Å². The number of unbranched alkanes of at least 4 members (excludes halogenated alkanes) is 1. The number of carboxylic acids is 1. The van der Waals surface area contributed by atoms with Gasteiger partial charge in [-0.2, -0.15) is 0 Å². The Morgan fingerprint density at radius 2 is 1.04 bits per heavy atom. The minimum absolute atomic E-state index is 0.223. The maximum atomic E-state index is 10.6. The lowest BCUT2D eigenvalue weighted by Gasteiger charge is -2.02. The lowest BCUT2D eigenvalue weighted by molar-refractivity contribution is -0.136. The Balaban J connectivity index is 3.99. The van der Waals surface area contributed by atoms with Gasteiger partial charge in [0.25, 0.3) is 0 Å². The van der Waals surface area contributed by atoms with Gasteiger partial charge in [-0.25, -0.2) is 0 Å². The first-order valence-corrected chi connectivity index (χ1v) is 10.3. The summed E-state index contributed by atoms with van der Waals surface area (Å²) in [6, 6.07) is 0. The van der Waals surface area contributed by atoms with Crippen LogP contribution in [0.15, 0.2) is 46.6 Å². The van der Waals surface area contributed by atoms with E-state index in [0.29, 0.717) is 6.42 Å². The molecule has 0 aromatic heterocycles. The highest BCUT2D eigenvalue weighted by atomic mass is 16.4. The highest BCUT2D eigenvalue weighted by molar-refractivity contribution is 5.66. The van der Waals surface area contributed by atoms with Gasteiger partial charge in [0, 0.05) is 13.0 Å². The van der Waals surface area contributed by atoms with Crippen LogP contribution in [0.1, 0.15) is 91.9 Å². The molecule has 0 atom stereocenters. The maximum absolute atomic E-state index is 10.6. The molecule has 3 nitrogen and oxygen atoms in total. The van der Waals surface area contributed by atoms with Crippen LogP contribution < -0.4 is 0 Å². The molecule has 0 radical (unpaired) electrons. The molecule has 3 heteroatoms. The number of aliphatic hydroxyl groups is 1. The van der Waals surface area contributed by atoms with Gasteiger partial charge in [-0.05, 0) is 85.5 Å². The van der Waals surface area contributed by atoms with Crippen LogP contribution in [0.25, 0.3) is 0 Å². The summed E-state index contributed by atoms with van der Waals surface area (Å²) in [5, 5.41) is 17.5. The van der Waals surface area contributed by atoms with Gasteiger partial charge in [0.05, 0.1) is 0 Å². The van der Waals surface area contributed by atoms with E-state index < -0.39 is 5.97 Å². The normalized spacial score (nSPS) is 14.0. The molecule has 0 rings (SSSR count). The molecule has 0 aromatic carbocycles. The topological polar surface area (TPSA) is 57.5 Å². The van der Waals surface area contributed by atoms with Gasteiger partial charge in [-0.1, -0.05) is 46.6 Å². The fourth-order valence-corrected chi connectivity index (χ4v) is 2.82. The molecule has 0 aliphatic rings. The minimum Gasteiger partial charge on any atom is -0.481 e. The molecule has 0 spiro atoms. The fraction of sp³-hybridized carbons (Fsp3) is 0.625. The average Bonchev–Trinajstić information content (AvgIpc) is 2.61. The molecular weight excluding hydrogens is 336 g/mol. The lowest BCUT2D eigenvalue weighted by atomic mass is 10.0. The van der Waals surface area contributed by atoms with Crippen molar-refractivity contribution in [3.8, 4) is 0 Å². The molecule has 0 saturated heterocycles. The van der Waals surface area contributed by atoms with Gasteiger partial charge in [0.1, 0.15) is 0 Å². The molecule has 0 amide bonds. The zero-order valence-corrected chi connectivity index (χ0v) is 17.9. The van der Waals surface area contributed by atoms with Crippen LogP contribution in [0.2, 0.25) is 0 Å². The van der Waals surface area contributed by atoms with E-state index in [2.05, 4.69) is 45.1 Å². The molecule has 27 heavy (non-hydrogen) atoms. The number of hydrogen-bond donors (Lipinski definition) is 2. The van der Waals surface area contributed by atoms with Crippen LogP contribution in [0.5, 0.6) is 0 Å². The Morgan fingerprint density at radius 3 is 1.48 bits per heavy atom. The maximum Gasteiger partial charge on any atom is 0.303 e. The quantitative estimate of drug-likeness (QED) is 0.245. The van der Waals surface area contributed by atoms with Crippen LogP contribution in [0.4, 0.5) is 0 Å². The zero-order valence-electron chi connectivity index (χ0n) is 17.9. The van der Waals surface area contributed by atoms with E-state index in [1.54, 1.807) is 0 Å². The van der Waals surface area contributed by atoms with Crippen molar-refractivity contribution in [2.24, 2.45) is 0 Å². The minimum atomic E-state index is -0.727. The summed E-state index contributed by atoms with van der Waals surface area (Å²) >= 11 is 0. The van der Waals surface area contributed by atoms with E-state index in [1.807, 2.05) is 6.92 Å². The number of carboxylic acid groups (broad SMARTS) is 1. The standard InChI is InChI=1S/C24H40O3/c1-20(12-7-14-22(3)16-9-19-25)10-5-6-11-21(2)13-8-15-23(4)17-18-24(26)27/h10-11,14-15,25H,5-9,12-13,16-19H2,1-4H3,(H,26,27). The van der Waals surface area contributed by atoms with E-state index in [-0.39, 0.29) is 13.0 Å².